The monoisotopic (exact) mass is 302 g/mol. The third kappa shape index (κ3) is 3.92. The number of rotatable bonds is 6. The van der Waals surface area contributed by atoms with E-state index >= 15 is 0 Å². The average molecular weight is 302 g/mol. The highest BCUT2D eigenvalue weighted by Crippen LogP contribution is 2.22. The van der Waals surface area contributed by atoms with Gasteiger partial charge in [-0.05, 0) is 31.0 Å². The Labute approximate surface area is 117 Å². The van der Waals surface area contributed by atoms with E-state index in [1.165, 1.54) is 12.1 Å². The molecule has 0 spiro atoms. The van der Waals surface area contributed by atoms with E-state index in [0.29, 0.717) is 0 Å². The van der Waals surface area contributed by atoms with Crippen LogP contribution in [0.2, 0.25) is 0 Å². The fourth-order valence-corrected chi connectivity index (χ4v) is 2.09. The van der Waals surface area contributed by atoms with Gasteiger partial charge >= 0.3 is 5.97 Å². The molecule has 0 aliphatic heterocycles. The lowest BCUT2D eigenvalue weighted by Gasteiger charge is -2.21. The van der Waals surface area contributed by atoms with E-state index in [1.54, 1.807) is 13.8 Å². The number of carboxylic acid groups (broad SMARTS) is 1. The molecule has 2 atom stereocenters. The molecule has 7 nitrogen and oxygen atoms in total. The molecule has 20 heavy (non-hydrogen) atoms. The summed E-state index contributed by atoms with van der Waals surface area (Å²) < 4.78 is 22.5. The van der Waals surface area contributed by atoms with Crippen molar-refractivity contribution in [3.05, 3.63) is 23.8 Å². The lowest BCUT2D eigenvalue weighted by Crippen LogP contribution is -2.27. The summed E-state index contributed by atoms with van der Waals surface area (Å²) in [5, 5.41) is 26.1. The largest absolute Gasteiger partial charge is 0.478 e. The van der Waals surface area contributed by atoms with E-state index < -0.39 is 16.0 Å². The Kier molecular flexibility index (Phi) is 5.09. The minimum absolute atomic E-state index is 0.0498. The van der Waals surface area contributed by atoms with Gasteiger partial charge in [0.2, 0.25) is 10.0 Å². The number of primary sulfonamides is 1. The molecule has 5 N–H and O–H groups in total. The fourth-order valence-electron chi connectivity index (χ4n) is 1.55. The summed E-state index contributed by atoms with van der Waals surface area (Å²) >= 11 is 0. The molecule has 8 heteroatoms. The van der Waals surface area contributed by atoms with E-state index in [4.69, 9.17) is 15.4 Å². The maximum absolute atomic E-state index is 11.2. The van der Waals surface area contributed by atoms with Crippen LogP contribution in [0.4, 0.5) is 5.69 Å². The zero-order chi connectivity index (χ0) is 15.5. The van der Waals surface area contributed by atoms with Gasteiger partial charge in [0, 0.05) is 18.3 Å². The number of carboxylic acids is 1. The molecule has 0 radical (unpaired) electrons. The van der Waals surface area contributed by atoms with Crippen LogP contribution in [0.5, 0.6) is 0 Å². The molecular weight excluding hydrogens is 284 g/mol. The Morgan fingerprint density at radius 3 is 2.45 bits per heavy atom. The number of aliphatic hydroxyl groups excluding tert-OH is 1. The number of benzene rings is 1. The predicted octanol–water partition coefficient (Wildman–Crippen LogP) is 0.461. The molecule has 0 fully saturated rings. The number of hydrogen-bond acceptors (Lipinski definition) is 5. The summed E-state index contributed by atoms with van der Waals surface area (Å²) in [7, 11) is -3.96. The third-order valence-electron chi connectivity index (χ3n) is 3.07. The van der Waals surface area contributed by atoms with Crippen LogP contribution in [0.25, 0.3) is 0 Å². The molecule has 0 heterocycles. The first kappa shape index (κ1) is 16.4. The van der Waals surface area contributed by atoms with Crippen molar-refractivity contribution >= 4 is 21.7 Å². The Morgan fingerprint density at radius 2 is 2.00 bits per heavy atom. The van der Waals surface area contributed by atoms with Crippen LogP contribution in [-0.2, 0) is 10.0 Å². The van der Waals surface area contributed by atoms with Crippen LogP contribution in [0.3, 0.4) is 0 Å². The highest BCUT2D eigenvalue weighted by atomic mass is 32.2. The quantitative estimate of drug-likeness (QED) is 0.604. The number of aromatic carboxylic acids is 1. The molecular formula is C12H18N2O5S. The molecule has 0 aliphatic rings. The lowest BCUT2D eigenvalue weighted by molar-refractivity contribution is 0.0697. The zero-order valence-electron chi connectivity index (χ0n) is 11.2. The van der Waals surface area contributed by atoms with Crippen molar-refractivity contribution in [3.63, 3.8) is 0 Å². The first-order valence-electron chi connectivity index (χ1n) is 5.94. The van der Waals surface area contributed by atoms with Gasteiger partial charge in [-0.15, -0.1) is 0 Å². The van der Waals surface area contributed by atoms with Crippen LogP contribution in [0, 0.1) is 5.92 Å². The molecule has 1 aromatic rings. The molecule has 2 unspecified atom stereocenters. The standard InChI is InChI=1S/C12H18N2O5S/c1-7(6-15)8(2)14-11-4-3-9(20(13,18)19)5-10(11)12(16)17/h3-5,7-8,14-15H,6H2,1-2H3,(H,16,17)(H2,13,18,19). The van der Waals surface area contributed by atoms with Crippen LogP contribution in [0.15, 0.2) is 23.1 Å². The van der Waals surface area contributed by atoms with Crippen molar-refractivity contribution in [2.45, 2.75) is 24.8 Å². The van der Waals surface area contributed by atoms with Gasteiger partial charge in [-0.2, -0.15) is 0 Å². The van der Waals surface area contributed by atoms with Gasteiger partial charge in [-0.25, -0.2) is 18.4 Å². The zero-order valence-corrected chi connectivity index (χ0v) is 12.0. The van der Waals surface area contributed by atoms with Crippen LogP contribution >= 0.6 is 0 Å². The molecule has 0 saturated heterocycles. The van der Waals surface area contributed by atoms with Crippen LogP contribution in [0.1, 0.15) is 24.2 Å². The second-order valence-corrected chi connectivity index (χ2v) is 6.21. The van der Waals surface area contributed by atoms with Gasteiger partial charge in [0.15, 0.2) is 0 Å². The average Bonchev–Trinajstić information content (AvgIpc) is 2.36. The van der Waals surface area contributed by atoms with Gasteiger partial charge in [0.05, 0.1) is 10.5 Å². The van der Waals surface area contributed by atoms with E-state index in [9.17, 15) is 13.2 Å². The predicted molar refractivity (Wildman–Crippen MR) is 74.1 cm³/mol. The SMILES string of the molecule is CC(CO)C(C)Nc1ccc(S(N)(=O)=O)cc1C(=O)O. The van der Waals surface area contributed by atoms with Gasteiger partial charge in [-0.3, -0.25) is 0 Å². The number of sulfonamides is 1. The Balaban J connectivity index is 3.18. The normalized spacial score (nSPS) is 14.6. The summed E-state index contributed by atoms with van der Waals surface area (Å²) in [6, 6.07) is 3.42. The number of carbonyl (C=O) groups is 1. The summed E-state index contributed by atoms with van der Waals surface area (Å²) in [6.07, 6.45) is 0. The minimum atomic E-state index is -3.96. The number of nitrogens with two attached hydrogens (primary N) is 1. The molecule has 0 bridgehead atoms. The molecule has 0 aromatic heterocycles. The molecule has 0 amide bonds. The Bertz CT molecular complexity index is 600. The second kappa shape index (κ2) is 6.21. The van der Waals surface area contributed by atoms with Crippen molar-refractivity contribution in [2.75, 3.05) is 11.9 Å². The number of nitrogens with one attached hydrogen (secondary N) is 1. The van der Waals surface area contributed by atoms with Gasteiger partial charge in [-0.1, -0.05) is 6.92 Å². The number of hydrogen-bond donors (Lipinski definition) is 4. The van der Waals surface area contributed by atoms with Crippen molar-refractivity contribution in [3.8, 4) is 0 Å². The first-order valence-corrected chi connectivity index (χ1v) is 7.49. The topological polar surface area (TPSA) is 130 Å². The van der Waals surface area contributed by atoms with Crippen LogP contribution in [-0.4, -0.2) is 37.2 Å². The number of aliphatic hydroxyl groups is 1. The first-order chi connectivity index (χ1) is 9.16. The summed E-state index contributed by atoms with van der Waals surface area (Å²) in [5.74, 6) is -1.35. The highest BCUT2D eigenvalue weighted by molar-refractivity contribution is 7.89. The molecule has 1 rings (SSSR count). The van der Waals surface area contributed by atoms with Crippen molar-refractivity contribution in [2.24, 2.45) is 11.1 Å². The molecule has 112 valence electrons. The van der Waals surface area contributed by atoms with Crippen molar-refractivity contribution < 1.29 is 23.4 Å². The summed E-state index contributed by atoms with van der Waals surface area (Å²) in [5.41, 5.74) is 0.0891. The van der Waals surface area contributed by atoms with Gasteiger partial charge in [0.25, 0.3) is 0 Å². The lowest BCUT2D eigenvalue weighted by atomic mass is 10.0. The number of anilines is 1. The van der Waals surface area contributed by atoms with Gasteiger partial charge < -0.3 is 15.5 Å². The Hall–Kier alpha value is -1.64. The maximum atomic E-state index is 11.2. The molecule has 1 aromatic carbocycles. The summed E-state index contributed by atoms with van der Waals surface area (Å²) in [6.45, 7) is 3.54. The Morgan fingerprint density at radius 1 is 1.40 bits per heavy atom. The van der Waals surface area contributed by atoms with E-state index in [0.717, 1.165) is 6.07 Å². The second-order valence-electron chi connectivity index (χ2n) is 4.65. The van der Waals surface area contributed by atoms with E-state index in [2.05, 4.69) is 5.32 Å². The maximum Gasteiger partial charge on any atom is 0.337 e. The van der Waals surface area contributed by atoms with Crippen molar-refractivity contribution in [1.82, 2.24) is 0 Å². The van der Waals surface area contributed by atoms with Crippen LogP contribution < -0.4 is 10.5 Å². The smallest absolute Gasteiger partial charge is 0.337 e. The molecule has 0 saturated carbocycles. The summed E-state index contributed by atoms with van der Waals surface area (Å²) in [4.78, 5) is 10.9. The minimum Gasteiger partial charge on any atom is -0.478 e. The highest BCUT2D eigenvalue weighted by Gasteiger charge is 2.18. The fraction of sp³-hybridized carbons (Fsp3) is 0.417. The third-order valence-corrected chi connectivity index (χ3v) is 3.99. The molecule has 0 aliphatic carbocycles. The van der Waals surface area contributed by atoms with E-state index in [1.807, 2.05) is 0 Å². The van der Waals surface area contributed by atoms with E-state index in [-0.39, 0.29) is 34.7 Å². The van der Waals surface area contributed by atoms with Gasteiger partial charge in [0.1, 0.15) is 0 Å². The van der Waals surface area contributed by atoms with Crippen molar-refractivity contribution in [1.29, 1.82) is 0 Å².